The average molecular weight is 268 g/mol. The van der Waals surface area contributed by atoms with Crippen LogP contribution in [0.2, 0.25) is 0 Å². The number of nitrogens with zero attached hydrogens (tertiary/aromatic N) is 1. The molecule has 0 saturated carbocycles. The van der Waals surface area contributed by atoms with E-state index in [1.807, 2.05) is 57.3 Å². The molecule has 0 bridgehead atoms. The van der Waals surface area contributed by atoms with Gasteiger partial charge in [-0.3, -0.25) is 4.79 Å². The summed E-state index contributed by atoms with van der Waals surface area (Å²) in [7, 11) is 1.81. The molecule has 0 aliphatic carbocycles. The van der Waals surface area contributed by atoms with Gasteiger partial charge in [0.05, 0.1) is 6.42 Å². The van der Waals surface area contributed by atoms with E-state index in [-0.39, 0.29) is 5.91 Å². The van der Waals surface area contributed by atoms with Gasteiger partial charge in [0.1, 0.15) is 0 Å². The molecule has 0 heterocycles. The molecule has 2 aromatic carbocycles. The Morgan fingerprint density at radius 2 is 1.75 bits per heavy atom. The maximum absolute atomic E-state index is 12.3. The monoisotopic (exact) mass is 268 g/mol. The Bertz CT molecular complexity index is 614. The summed E-state index contributed by atoms with van der Waals surface area (Å²) in [6.07, 6.45) is 0.356. The van der Waals surface area contributed by atoms with E-state index in [4.69, 9.17) is 5.73 Å². The van der Waals surface area contributed by atoms with Gasteiger partial charge in [-0.05, 0) is 54.8 Å². The second kappa shape index (κ2) is 5.78. The Labute approximate surface area is 120 Å². The third-order valence-electron chi connectivity index (χ3n) is 3.27. The molecule has 104 valence electrons. The van der Waals surface area contributed by atoms with Crippen molar-refractivity contribution in [3.8, 4) is 0 Å². The molecule has 0 atom stereocenters. The number of carbonyl (C=O) groups is 1. The van der Waals surface area contributed by atoms with E-state index in [1.165, 1.54) is 0 Å². The number of likely N-dealkylation sites (N-methyl/N-ethyl adjacent to an activating group) is 1. The van der Waals surface area contributed by atoms with Crippen LogP contribution >= 0.6 is 0 Å². The first-order valence-corrected chi connectivity index (χ1v) is 6.65. The lowest BCUT2D eigenvalue weighted by Crippen LogP contribution is -2.28. The molecular weight excluding hydrogens is 248 g/mol. The first-order valence-electron chi connectivity index (χ1n) is 6.65. The lowest BCUT2D eigenvalue weighted by Gasteiger charge is -2.19. The molecule has 2 N–H and O–H groups in total. The highest BCUT2D eigenvalue weighted by molar-refractivity contribution is 5.94. The summed E-state index contributed by atoms with van der Waals surface area (Å²) in [4.78, 5) is 14.0. The summed E-state index contributed by atoms with van der Waals surface area (Å²) in [6.45, 7) is 4.07. The molecule has 3 heteroatoms. The molecule has 0 spiro atoms. The normalized spacial score (nSPS) is 10.3. The maximum atomic E-state index is 12.3. The zero-order valence-corrected chi connectivity index (χ0v) is 12.2. The third kappa shape index (κ3) is 3.38. The summed E-state index contributed by atoms with van der Waals surface area (Å²) in [5.74, 6) is 0.0561. The Kier molecular flexibility index (Phi) is 4.08. The van der Waals surface area contributed by atoms with Crippen molar-refractivity contribution in [1.29, 1.82) is 0 Å². The van der Waals surface area contributed by atoms with Crippen LogP contribution in [0.15, 0.2) is 42.5 Å². The lowest BCUT2D eigenvalue weighted by atomic mass is 10.1. The minimum absolute atomic E-state index is 0.0561. The molecule has 0 aliphatic heterocycles. The van der Waals surface area contributed by atoms with Crippen molar-refractivity contribution in [2.75, 3.05) is 17.7 Å². The number of nitrogens with two attached hydrogens (primary N) is 1. The van der Waals surface area contributed by atoms with E-state index < -0.39 is 0 Å². The van der Waals surface area contributed by atoms with Gasteiger partial charge in [0, 0.05) is 18.4 Å². The topological polar surface area (TPSA) is 46.3 Å². The van der Waals surface area contributed by atoms with Gasteiger partial charge in [-0.1, -0.05) is 18.2 Å². The SMILES string of the molecule is Cc1cc(C)cc(N(C)C(=O)Cc2cccc(N)c2)c1. The van der Waals surface area contributed by atoms with Gasteiger partial charge >= 0.3 is 0 Å². The van der Waals surface area contributed by atoms with Crippen LogP contribution in [0, 0.1) is 13.8 Å². The molecule has 0 aromatic heterocycles. The van der Waals surface area contributed by atoms with Crippen molar-refractivity contribution in [1.82, 2.24) is 0 Å². The second-order valence-corrected chi connectivity index (χ2v) is 5.22. The number of benzene rings is 2. The number of rotatable bonds is 3. The van der Waals surface area contributed by atoms with Crippen LogP contribution in [0.5, 0.6) is 0 Å². The average Bonchev–Trinajstić information content (AvgIpc) is 2.36. The molecule has 0 radical (unpaired) electrons. The van der Waals surface area contributed by atoms with Gasteiger partial charge in [-0.25, -0.2) is 0 Å². The van der Waals surface area contributed by atoms with Crippen LogP contribution in [-0.2, 0) is 11.2 Å². The summed E-state index contributed by atoms with van der Waals surface area (Å²) >= 11 is 0. The number of hydrogen-bond acceptors (Lipinski definition) is 2. The van der Waals surface area contributed by atoms with E-state index in [0.29, 0.717) is 12.1 Å². The molecule has 0 aliphatic rings. The Morgan fingerprint density at radius 1 is 1.10 bits per heavy atom. The number of anilines is 2. The number of carbonyl (C=O) groups excluding carboxylic acids is 1. The van der Waals surface area contributed by atoms with Crippen LogP contribution in [0.1, 0.15) is 16.7 Å². The summed E-state index contributed by atoms with van der Waals surface area (Å²) < 4.78 is 0. The van der Waals surface area contributed by atoms with Gasteiger partial charge < -0.3 is 10.6 Å². The zero-order chi connectivity index (χ0) is 14.7. The predicted molar refractivity (Wildman–Crippen MR) is 83.9 cm³/mol. The van der Waals surface area contributed by atoms with Crippen LogP contribution in [-0.4, -0.2) is 13.0 Å². The fourth-order valence-corrected chi connectivity index (χ4v) is 2.28. The number of aryl methyl sites for hydroxylation is 2. The predicted octanol–water partition coefficient (Wildman–Crippen LogP) is 3.09. The van der Waals surface area contributed by atoms with Crippen LogP contribution < -0.4 is 10.6 Å². The smallest absolute Gasteiger partial charge is 0.231 e. The van der Waals surface area contributed by atoms with Gasteiger partial charge in [0.15, 0.2) is 0 Å². The van der Waals surface area contributed by atoms with E-state index in [9.17, 15) is 4.79 Å². The molecular formula is C17H20N2O. The number of amides is 1. The van der Waals surface area contributed by atoms with Crippen molar-refractivity contribution < 1.29 is 4.79 Å². The van der Waals surface area contributed by atoms with Crippen LogP contribution in [0.4, 0.5) is 11.4 Å². The van der Waals surface area contributed by atoms with Gasteiger partial charge in [0.2, 0.25) is 5.91 Å². The first kappa shape index (κ1) is 14.1. The number of hydrogen-bond donors (Lipinski definition) is 1. The van der Waals surface area contributed by atoms with Crippen molar-refractivity contribution >= 4 is 17.3 Å². The first-order chi connectivity index (χ1) is 9.45. The summed E-state index contributed by atoms with van der Waals surface area (Å²) in [6, 6.07) is 13.6. The Morgan fingerprint density at radius 3 is 2.35 bits per heavy atom. The standard InChI is InChI=1S/C17H20N2O/c1-12-7-13(2)9-16(8-12)19(3)17(20)11-14-5-4-6-15(18)10-14/h4-10H,11,18H2,1-3H3. The quantitative estimate of drug-likeness (QED) is 0.869. The highest BCUT2D eigenvalue weighted by Crippen LogP contribution is 2.19. The molecule has 3 nitrogen and oxygen atoms in total. The van der Waals surface area contributed by atoms with Crippen molar-refractivity contribution in [2.45, 2.75) is 20.3 Å². The molecule has 2 aromatic rings. The number of nitrogen functional groups attached to an aromatic ring is 1. The third-order valence-corrected chi connectivity index (χ3v) is 3.27. The van der Waals surface area contributed by atoms with E-state index in [0.717, 1.165) is 22.4 Å². The van der Waals surface area contributed by atoms with Crippen LogP contribution in [0.3, 0.4) is 0 Å². The van der Waals surface area contributed by atoms with E-state index in [2.05, 4.69) is 6.07 Å². The van der Waals surface area contributed by atoms with Crippen molar-refractivity contribution in [3.63, 3.8) is 0 Å². The molecule has 20 heavy (non-hydrogen) atoms. The lowest BCUT2D eigenvalue weighted by molar-refractivity contribution is -0.117. The minimum Gasteiger partial charge on any atom is -0.399 e. The zero-order valence-electron chi connectivity index (χ0n) is 12.2. The van der Waals surface area contributed by atoms with Crippen molar-refractivity contribution in [3.05, 3.63) is 59.2 Å². The Balaban J connectivity index is 2.16. The highest BCUT2D eigenvalue weighted by atomic mass is 16.2. The van der Waals surface area contributed by atoms with Gasteiger partial charge in [-0.2, -0.15) is 0 Å². The fourth-order valence-electron chi connectivity index (χ4n) is 2.28. The van der Waals surface area contributed by atoms with Crippen molar-refractivity contribution in [2.24, 2.45) is 0 Å². The minimum atomic E-state index is 0.0561. The van der Waals surface area contributed by atoms with E-state index >= 15 is 0 Å². The summed E-state index contributed by atoms with van der Waals surface area (Å²) in [5.41, 5.74) is 10.6. The van der Waals surface area contributed by atoms with Crippen LogP contribution in [0.25, 0.3) is 0 Å². The molecule has 0 saturated heterocycles. The maximum Gasteiger partial charge on any atom is 0.231 e. The summed E-state index contributed by atoms with van der Waals surface area (Å²) in [5, 5.41) is 0. The highest BCUT2D eigenvalue weighted by Gasteiger charge is 2.12. The Hall–Kier alpha value is -2.29. The van der Waals surface area contributed by atoms with Gasteiger partial charge in [-0.15, -0.1) is 0 Å². The second-order valence-electron chi connectivity index (χ2n) is 5.22. The largest absolute Gasteiger partial charge is 0.399 e. The van der Waals surface area contributed by atoms with Gasteiger partial charge in [0.25, 0.3) is 0 Å². The van der Waals surface area contributed by atoms with E-state index in [1.54, 1.807) is 4.90 Å². The fraction of sp³-hybridized carbons (Fsp3) is 0.235. The molecule has 1 amide bonds. The molecule has 0 unspecified atom stereocenters. The molecule has 2 rings (SSSR count). The molecule has 0 fully saturated rings.